The molecule has 0 radical (unpaired) electrons. The average molecular weight is 277 g/mol. The Morgan fingerprint density at radius 1 is 1.05 bits per heavy atom. The molecule has 0 saturated heterocycles. The van der Waals surface area contributed by atoms with Crippen LogP contribution in [0.25, 0.3) is 10.9 Å². The molecular formula is C18H19N3. The molecule has 3 rings (SSSR count). The minimum Gasteiger partial charge on any atom is -0.324 e. The highest BCUT2D eigenvalue weighted by molar-refractivity contribution is 5.82. The summed E-state index contributed by atoms with van der Waals surface area (Å²) in [6.07, 6.45) is 5.50. The number of nitrogens with two attached hydrogens (primary N) is 1. The number of pyridine rings is 2. The lowest BCUT2D eigenvalue weighted by atomic mass is 9.98. The third-order valence-corrected chi connectivity index (χ3v) is 3.81. The van der Waals surface area contributed by atoms with Crippen LogP contribution in [0, 0.1) is 0 Å². The second-order valence-corrected chi connectivity index (χ2v) is 5.24. The van der Waals surface area contributed by atoms with Gasteiger partial charge in [0.15, 0.2) is 0 Å². The molecule has 0 aliphatic rings. The molecule has 0 fully saturated rings. The predicted octanol–water partition coefficient (Wildman–Crippen LogP) is 3.43. The third kappa shape index (κ3) is 2.93. The first-order chi connectivity index (χ1) is 10.3. The van der Waals surface area contributed by atoms with E-state index in [2.05, 4.69) is 35.1 Å². The molecule has 3 aromatic rings. The Morgan fingerprint density at radius 3 is 2.67 bits per heavy atom. The van der Waals surface area contributed by atoms with Gasteiger partial charge in [-0.05, 0) is 35.7 Å². The molecule has 0 saturated carbocycles. The van der Waals surface area contributed by atoms with Gasteiger partial charge >= 0.3 is 0 Å². The van der Waals surface area contributed by atoms with Crippen molar-refractivity contribution in [3.8, 4) is 0 Å². The highest BCUT2D eigenvalue weighted by Gasteiger charge is 2.11. The molecule has 1 unspecified atom stereocenters. The summed E-state index contributed by atoms with van der Waals surface area (Å²) in [5.41, 5.74) is 10.8. The van der Waals surface area contributed by atoms with Crippen LogP contribution in [-0.2, 0) is 12.8 Å². The minimum absolute atomic E-state index is 0.0714. The summed E-state index contributed by atoms with van der Waals surface area (Å²) in [5, 5.41) is 1.12. The fourth-order valence-corrected chi connectivity index (χ4v) is 2.56. The number of aryl methyl sites for hydroxylation is 1. The van der Waals surface area contributed by atoms with E-state index in [1.165, 1.54) is 5.56 Å². The SMILES string of the molecule is CCc1ccc(CC(N)c2ccnc3ccccc23)nc1. The molecule has 0 spiro atoms. The largest absolute Gasteiger partial charge is 0.324 e. The molecule has 106 valence electrons. The van der Waals surface area contributed by atoms with Crippen LogP contribution in [0.2, 0.25) is 0 Å². The summed E-state index contributed by atoms with van der Waals surface area (Å²) in [6.45, 7) is 2.13. The number of hydrogen-bond acceptors (Lipinski definition) is 3. The van der Waals surface area contributed by atoms with Crippen molar-refractivity contribution < 1.29 is 0 Å². The van der Waals surface area contributed by atoms with Crippen molar-refractivity contribution in [1.29, 1.82) is 0 Å². The smallest absolute Gasteiger partial charge is 0.0705 e. The van der Waals surface area contributed by atoms with Crippen LogP contribution in [0.15, 0.2) is 54.9 Å². The Bertz CT molecular complexity index is 730. The summed E-state index contributed by atoms with van der Waals surface area (Å²) in [7, 11) is 0. The molecule has 3 heteroatoms. The van der Waals surface area contributed by atoms with E-state index in [1.54, 1.807) is 0 Å². The zero-order chi connectivity index (χ0) is 14.7. The number of aromatic nitrogens is 2. The highest BCUT2D eigenvalue weighted by Crippen LogP contribution is 2.23. The molecule has 2 heterocycles. The molecule has 0 aliphatic heterocycles. The van der Waals surface area contributed by atoms with Crippen molar-refractivity contribution in [3.05, 3.63) is 71.7 Å². The van der Waals surface area contributed by atoms with Gasteiger partial charge < -0.3 is 5.73 Å². The second-order valence-electron chi connectivity index (χ2n) is 5.24. The zero-order valence-corrected chi connectivity index (χ0v) is 12.2. The summed E-state index contributed by atoms with van der Waals surface area (Å²) < 4.78 is 0. The van der Waals surface area contributed by atoms with Gasteiger partial charge in [-0.15, -0.1) is 0 Å². The number of rotatable bonds is 4. The normalized spacial score (nSPS) is 12.5. The lowest BCUT2D eigenvalue weighted by Gasteiger charge is -2.14. The minimum atomic E-state index is -0.0714. The Labute approximate surface area is 124 Å². The lowest BCUT2D eigenvalue weighted by Crippen LogP contribution is -2.14. The Balaban J connectivity index is 1.88. The molecule has 0 bridgehead atoms. The second kappa shape index (κ2) is 6.02. The van der Waals surface area contributed by atoms with E-state index in [0.29, 0.717) is 0 Å². The number of benzene rings is 1. The van der Waals surface area contributed by atoms with Gasteiger partial charge in [0.2, 0.25) is 0 Å². The third-order valence-electron chi connectivity index (χ3n) is 3.81. The van der Waals surface area contributed by atoms with Crippen LogP contribution in [-0.4, -0.2) is 9.97 Å². The molecule has 21 heavy (non-hydrogen) atoms. The van der Waals surface area contributed by atoms with Crippen molar-refractivity contribution in [2.45, 2.75) is 25.8 Å². The molecular weight excluding hydrogens is 258 g/mol. The maximum atomic E-state index is 6.40. The Hall–Kier alpha value is -2.26. The van der Waals surface area contributed by atoms with Crippen LogP contribution in [0.1, 0.15) is 29.8 Å². The van der Waals surface area contributed by atoms with Gasteiger partial charge in [0, 0.05) is 35.9 Å². The van der Waals surface area contributed by atoms with Crippen LogP contribution in [0.3, 0.4) is 0 Å². The monoisotopic (exact) mass is 277 g/mol. The van der Waals surface area contributed by atoms with E-state index in [0.717, 1.165) is 35.0 Å². The lowest BCUT2D eigenvalue weighted by molar-refractivity contribution is 0.710. The first-order valence-electron chi connectivity index (χ1n) is 7.31. The first kappa shape index (κ1) is 13.7. The topological polar surface area (TPSA) is 51.8 Å². The zero-order valence-electron chi connectivity index (χ0n) is 12.2. The first-order valence-corrected chi connectivity index (χ1v) is 7.31. The fraction of sp³-hybridized carbons (Fsp3) is 0.222. The van der Waals surface area contributed by atoms with Gasteiger partial charge in [-0.3, -0.25) is 9.97 Å². The molecule has 0 aliphatic carbocycles. The van der Waals surface area contributed by atoms with Crippen molar-refractivity contribution in [2.24, 2.45) is 5.73 Å². The highest BCUT2D eigenvalue weighted by atomic mass is 14.7. The number of para-hydroxylation sites is 1. The van der Waals surface area contributed by atoms with Crippen LogP contribution >= 0.6 is 0 Å². The van der Waals surface area contributed by atoms with Crippen molar-refractivity contribution in [2.75, 3.05) is 0 Å². The molecule has 3 nitrogen and oxygen atoms in total. The number of fused-ring (bicyclic) bond motifs is 1. The average Bonchev–Trinajstić information content (AvgIpc) is 2.55. The van der Waals surface area contributed by atoms with Crippen LogP contribution < -0.4 is 5.73 Å². The van der Waals surface area contributed by atoms with E-state index in [4.69, 9.17) is 5.73 Å². The summed E-state index contributed by atoms with van der Waals surface area (Å²) in [5.74, 6) is 0. The Morgan fingerprint density at radius 2 is 1.90 bits per heavy atom. The molecule has 1 atom stereocenters. The van der Waals surface area contributed by atoms with Crippen molar-refractivity contribution >= 4 is 10.9 Å². The molecule has 0 amide bonds. The van der Waals surface area contributed by atoms with Crippen LogP contribution in [0.5, 0.6) is 0 Å². The van der Waals surface area contributed by atoms with Gasteiger partial charge in [0.1, 0.15) is 0 Å². The van der Waals surface area contributed by atoms with Crippen molar-refractivity contribution in [3.63, 3.8) is 0 Å². The van der Waals surface area contributed by atoms with Gasteiger partial charge in [0.05, 0.1) is 5.52 Å². The van der Waals surface area contributed by atoms with Crippen LogP contribution in [0.4, 0.5) is 0 Å². The molecule has 2 N–H and O–H groups in total. The Kier molecular flexibility index (Phi) is 3.93. The summed E-state index contributed by atoms with van der Waals surface area (Å²) in [6, 6.07) is 14.2. The van der Waals surface area contributed by atoms with Crippen molar-refractivity contribution in [1.82, 2.24) is 9.97 Å². The quantitative estimate of drug-likeness (QED) is 0.795. The molecule has 2 aromatic heterocycles. The van der Waals surface area contributed by atoms with E-state index in [1.807, 2.05) is 36.7 Å². The van der Waals surface area contributed by atoms with Gasteiger partial charge in [-0.25, -0.2) is 0 Å². The van der Waals surface area contributed by atoms with Gasteiger partial charge in [-0.2, -0.15) is 0 Å². The number of hydrogen-bond donors (Lipinski definition) is 1. The number of nitrogens with zero attached hydrogens (tertiary/aromatic N) is 2. The summed E-state index contributed by atoms with van der Waals surface area (Å²) in [4.78, 5) is 8.88. The van der Waals surface area contributed by atoms with Gasteiger partial charge in [0.25, 0.3) is 0 Å². The standard InChI is InChI=1S/C18H19N3/c1-2-13-7-8-14(21-12-13)11-17(19)15-9-10-20-18-6-4-3-5-16(15)18/h3-10,12,17H,2,11,19H2,1H3. The van der Waals surface area contributed by atoms with E-state index >= 15 is 0 Å². The van der Waals surface area contributed by atoms with E-state index in [9.17, 15) is 0 Å². The molecule has 1 aromatic carbocycles. The van der Waals surface area contributed by atoms with E-state index in [-0.39, 0.29) is 6.04 Å². The predicted molar refractivity (Wildman–Crippen MR) is 86.0 cm³/mol. The van der Waals surface area contributed by atoms with E-state index < -0.39 is 0 Å². The fourth-order valence-electron chi connectivity index (χ4n) is 2.56. The maximum absolute atomic E-state index is 6.40. The maximum Gasteiger partial charge on any atom is 0.0705 e. The van der Waals surface area contributed by atoms with Gasteiger partial charge in [-0.1, -0.05) is 31.2 Å². The summed E-state index contributed by atoms with van der Waals surface area (Å²) >= 11 is 0.